The highest BCUT2D eigenvalue weighted by molar-refractivity contribution is 7.98. The number of carbonyl (C=O) groups is 1. The smallest absolute Gasteiger partial charge is 0.266 e. The standard InChI is InChI=1S/C27H27N3O3S/c1-17(2)28-25(31)19-12-13-23-24(14-19)29-27(34-16-20-9-6-5-8-18(20)3)30(26(23)32)21-10-7-11-22(15-21)33-4/h5-15,17H,16H2,1-4H3,(H,28,31). The van der Waals surface area contributed by atoms with Gasteiger partial charge in [-0.1, -0.05) is 42.1 Å². The maximum absolute atomic E-state index is 13.7. The van der Waals surface area contributed by atoms with Crippen molar-refractivity contribution in [2.45, 2.75) is 37.7 Å². The van der Waals surface area contributed by atoms with Gasteiger partial charge in [-0.25, -0.2) is 4.98 Å². The van der Waals surface area contributed by atoms with E-state index in [-0.39, 0.29) is 17.5 Å². The minimum absolute atomic E-state index is 0.0115. The maximum Gasteiger partial charge on any atom is 0.266 e. The van der Waals surface area contributed by atoms with Gasteiger partial charge in [0.25, 0.3) is 11.5 Å². The normalized spacial score (nSPS) is 11.1. The third kappa shape index (κ3) is 4.99. The average Bonchev–Trinajstić information content (AvgIpc) is 2.83. The number of ether oxygens (including phenoxy) is 1. The van der Waals surface area contributed by atoms with Crippen LogP contribution in [0.5, 0.6) is 5.75 Å². The number of rotatable bonds is 7. The summed E-state index contributed by atoms with van der Waals surface area (Å²) in [6.07, 6.45) is 0. The van der Waals surface area contributed by atoms with Crippen LogP contribution in [0, 0.1) is 6.92 Å². The zero-order valence-corrected chi connectivity index (χ0v) is 20.5. The van der Waals surface area contributed by atoms with Gasteiger partial charge in [0.2, 0.25) is 0 Å². The number of aromatic nitrogens is 2. The fourth-order valence-electron chi connectivity index (χ4n) is 3.64. The molecular weight excluding hydrogens is 446 g/mol. The predicted molar refractivity (Wildman–Crippen MR) is 137 cm³/mol. The number of carbonyl (C=O) groups excluding carboxylic acids is 1. The lowest BCUT2D eigenvalue weighted by Crippen LogP contribution is -2.30. The molecule has 34 heavy (non-hydrogen) atoms. The Morgan fingerprint density at radius 1 is 1.09 bits per heavy atom. The van der Waals surface area contributed by atoms with E-state index in [4.69, 9.17) is 9.72 Å². The molecule has 0 atom stereocenters. The molecule has 1 heterocycles. The molecule has 1 aromatic heterocycles. The van der Waals surface area contributed by atoms with Crippen molar-refractivity contribution in [2.75, 3.05) is 7.11 Å². The number of nitrogens with zero attached hydrogens (tertiary/aromatic N) is 2. The van der Waals surface area contributed by atoms with Crippen molar-refractivity contribution < 1.29 is 9.53 Å². The summed E-state index contributed by atoms with van der Waals surface area (Å²) < 4.78 is 6.99. The molecule has 1 amide bonds. The lowest BCUT2D eigenvalue weighted by Gasteiger charge is -2.15. The summed E-state index contributed by atoms with van der Waals surface area (Å²) in [5.41, 5.74) is 3.80. The molecule has 3 aromatic carbocycles. The van der Waals surface area contributed by atoms with E-state index in [0.717, 1.165) is 0 Å². The summed E-state index contributed by atoms with van der Waals surface area (Å²) in [5.74, 6) is 1.12. The van der Waals surface area contributed by atoms with E-state index < -0.39 is 0 Å². The fourth-order valence-corrected chi connectivity index (χ4v) is 4.73. The molecule has 4 rings (SSSR count). The van der Waals surface area contributed by atoms with Crippen LogP contribution in [0.2, 0.25) is 0 Å². The zero-order valence-electron chi connectivity index (χ0n) is 19.7. The van der Waals surface area contributed by atoms with Gasteiger partial charge < -0.3 is 10.1 Å². The Labute approximate surface area is 203 Å². The molecule has 0 saturated carbocycles. The van der Waals surface area contributed by atoms with Crippen molar-refractivity contribution in [2.24, 2.45) is 0 Å². The van der Waals surface area contributed by atoms with Crippen molar-refractivity contribution in [3.05, 3.63) is 93.8 Å². The minimum Gasteiger partial charge on any atom is -0.497 e. The van der Waals surface area contributed by atoms with E-state index in [0.29, 0.717) is 38.8 Å². The number of methoxy groups -OCH3 is 1. The van der Waals surface area contributed by atoms with Crippen molar-refractivity contribution in [3.63, 3.8) is 0 Å². The van der Waals surface area contributed by atoms with Crippen molar-refractivity contribution in [3.8, 4) is 11.4 Å². The second-order valence-electron chi connectivity index (χ2n) is 8.31. The minimum atomic E-state index is -0.193. The van der Waals surface area contributed by atoms with Crippen LogP contribution in [0.4, 0.5) is 0 Å². The fraction of sp³-hybridized carbons (Fsp3) is 0.222. The van der Waals surface area contributed by atoms with E-state index in [9.17, 15) is 9.59 Å². The van der Waals surface area contributed by atoms with Gasteiger partial charge in [-0.3, -0.25) is 14.2 Å². The van der Waals surface area contributed by atoms with Gasteiger partial charge in [-0.15, -0.1) is 0 Å². The Hall–Kier alpha value is -3.58. The summed E-state index contributed by atoms with van der Waals surface area (Å²) in [4.78, 5) is 31.0. The maximum atomic E-state index is 13.7. The molecule has 174 valence electrons. The largest absolute Gasteiger partial charge is 0.497 e. The summed E-state index contributed by atoms with van der Waals surface area (Å²) in [6, 6.07) is 20.5. The highest BCUT2D eigenvalue weighted by Gasteiger charge is 2.16. The summed E-state index contributed by atoms with van der Waals surface area (Å²) in [7, 11) is 1.60. The second-order valence-corrected chi connectivity index (χ2v) is 9.25. The Morgan fingerprint density at radius 3 is 2.62 bits per heavy atom. The van der Waals surface area contributed by atoms with Gasteiger partial charge >= 0.3 is 0 Å². The molecule has 0 fully saturated rings. The van der Waals surface area contributed by atoms with E-state index in [2.05, 4.69) is 24.4 Å². The molecule has 0 aliphatic heterocycles. The molecule has 6 nitrogen and oxygen atoms in total. The first kappa shape index (κ1) is 23.6. The van der Waals surface area contributed by atoms with Crippen molar-refractivity contribution in [1.29, 1.82) is 0 Å². The van der Waals surface area contributed by atoms with Crippen molar-refractivity contribution in [1.82, 2.24) is 14.9 Å². The molecule has 0 spiro atoms. The van der Waals surface area contributed by atoms with Crippen molar-refractivity contribution >= 4 is 28.6 Å². The Kier molecular flexibility index (Phi) is 7.03. The van der Waals surface area contributed by atoms with Crippen LogP contribution in [0.3, 0.4) is 0 Å². The van der Waals surface area contributed by atoms with Crippen LogP contribution in [0.15, 0.2) is 76.7 Å². The number of benzene rings is 3. The first-order chi connectivity index (χ1) is 16.4. The molecule has 0 saturated heterocycles. The summed E-state index contributed by atoms with van der Waals surface area (Å²) in [6.45, 7) is 5.88. The molecule has 1 N–H and O–H groups in total. The summed E-state index contributed by atoms with van der Waals surface area (Å²) in [5, 5.41) is 3.89. The van der Waals surface area contributed by atoms with Crippen LogP contribution >= 0.6 is 11.8 Å². The number of nitrogens with one attached hydrogen (secondary N) is 1. The molecule has 0 aliphatic rings. The van der Waals surface area contributed by atoms with Crippen LogP contribution in [0.1, 0.15) is 35.3 Å². The number of hydrogen-bond donors (Lipinski definition) is 1. The van der Waals surface area contributed by atoms with E-state index >= 15 is 0 Å². The monoisotopic (exact) mass is 473 g/mol. The first-order valence-electron chi connectivity index (χ1n) is 11.1. The Morgan fingerprint density at radius 2 is 1.88 bits per heavy atom. The van der Waals surface area contributed by atoms with Crippen LogP contribution in [0.25, 0.3) is 16.6 Å². The van der Waals surface area contributed by atoms with Gasteiger partial charge in [0.05, 0.1) is 23.7 Å². The number of amides is 1. The van der Waals surface area contributed by atoms with Gasteiger partial charge in [-0.05, 0) is 62.2 Å². The molecule has 7 heteroatoms. The van der Waals surface area contributed by atoms with E-state index in [1.54, 1.807) is 29.9 Å². The quantitative estimate of drug-likeness (QED) is 0.297. The van der Waals surface area contributed by atoms with Crippen LogP contribution < -0.4 is 15.6 Å². The Bertz CT molecular complexity index is 1410. The van der Waals surface area contributed by atoms with Gasteiger partial charge in [-0.2, -0.15) is 0 Å². The number of hydrogen-bond acceptors (Lipinski definition) is 5. The van der Waals surface area contributed by atoms with Crippen LogP contribution in [-0.2, 0) is 5.75 Å². The lowest BCUT2D eigenvalue weighted by atomic mass is 10.1. The molecule has 0 bridgehead atoms. The summed E-state index contributed by atoms with van der Waals surface area (Å²) >= 11 is 1.49. The predicted octanol–water partition coefficient (Wildman–Crippen LogP) is 5.13. The van der Waals surface area contributed by atoms with Gasteiger partial charge in [0.1, 0.15) is 5.75 Å². The molecule has 0 aliphatic carbocycles. The highest BCUT2D eigenvalue weighted by atomic mass is 32.2. The van der Waals surface area contributed by atoms with E-state index in [1.165, 1.54) is 22.9 Å². The first-order valence-corrected chi connectivity index (χ1v) is 12.1. The van der Waals surface area contributed by atoms with E-state index in [1.807, 2.05) is 50.2 Å². The lowest BCUT2D eigenvalue weighted by molar-refractivity contribution is 0.0943. The third-order valence-corrected chi connectivity index (χ3v) is 6.44. The number of fused-ring (bicyclic) bond motifs is 1. The Balaban J connectivity index is 1.85. The average molecular weight is 474 g/mol. The molecule has 0 unspecified atom stereocenters. The van der Waals surface area contributed by atoms with Gasteiger partial charge in [0, 0.05) is 23.4 Å². The molecule has 0 radical (unpaired) electrons. The second kappa shape index (κ2) is 10.1. The third-order valence-electron chi connectivity index (χ3n) is 5.45. The van der Waals surface area contributed by atoms with Crippen LogP contribution in [-0.4, -0.2) is 28.6 Å². The SMILES string of the molecule is COc1cccc(-n2c(SCc3ccccc3C)nc3cc(C(=O)NC(C)C)ccc3c2=O)c1. The molecular formula is C27H27N3O3S. The number of aryl methyl sites for hydroxylation is 1. The highest BCUT2D eigenvalue weighted by Crippen LogP contribution is 2.27. The number of thioether (sulfide) groups is 1. The molecule has 4 aromatic rings. The topological polar surface area (TPSA) is 73.2 Å². The zero-order chi connectivity index (χ0) is 24.2. The van der Waals surface area contributed by atoms with Gasteiger partial charge in [0.15, 0.2) is 5.16 Å².